The number of hydrogen-bond acceptors (Lipinski definition) is 7. The fraction of sp³-hybridized carbons (Fsp3) is 0.346. The lowest BCUT2D eigenvalue weighted by atomic mass is 9.84. The molecule has 1 amide bonds. The minimum absolute atomic E-state index is 0.00377. The molecule has 0 aliphatic carbocycles. The van der Waals surface area contributed by atoms with Crippen LogP contribution in [0.5, 0.6) is 5.75 Å². The molecule has 9 nitrogen and oxygen atoms in total. The predicted octanol–water partition coefficient (Wildman–Crippen LogP) is 3.27. The summed E-state index contributed by atoms with van der Waals surface area (Å²) in [5.41, 5.74) is 3.40. The second-order valence-corrected chi connectivity index (χ2v) is 9.63. The summed E-state index contributed by atoms with van der Waals surface area (Å²) in [4.78, 5) is 28.5. The number of anilines is 1. The highest BCUT2D eigenvalue weighted by Crippen LogP contribution is 2.33. The lowest BCUT2D eigenvalue weighted by Gasteiger charge is -2.46. The number of carbonyl (C=O) groups is 1. The minimum Gasteiger partial charge on any atom is -0.494 e. The van der Waals surface area contributed by atoms with E-state index in [0.29, 0.717) is 47.2 Å². The van der Waals surface area contributed by atoms with E-state index in [-0.39, 0.29) is 11.7 Å². The van der Waals surface area contributed by atoms with Crippen molar-refractivity contribution in [2.75, 3.05) is 38.2 Å². The molecule has 0 radical (unpaired) electrons. The van der Waals surface area contributed by atoms with E-state index in [2.05, 4.69) is 25.1 Å². The average molecular weight is 488 g/mol. The Hall–Kier alpha value is -4.08. The standard InChI is InChI=1S/C26H26FN7O2/c1-16-3-4-23(34-29-5-6-30-34)19(7-16)26(35)33-14-17-8-18(15-33)13-32(12-17)25-11-28-21-10-24(36-2)20(27)9-22(21)31-25/h3-7,9-11,17-18H,8,12-15H2,1-2H3. The number of likely N-dealkylation sites (tertiary alicyclic amines) is 1. The van der Waals surface area contributed by atoms with Gasteiger partial charge in [0.05, 0.1) is 48.0 Å². The molecular weight excluding hydrogens is 461 g/mol. The molecule has 2 saturated heterocycles. The first-order valence-corrected chi connectivity index (χ1v) is 12.0. The molecule has 2 aromatic carbocycles. The van der Waals surface area contributed by atoms with Crippen molar-refractivity contribution in [2.24, 2.45) is 11.8 Å². The maximum absolute atomic E-state index is 14.2. The summed E-state index contributed by atoms with van der Waals surface area (Å²) in [6.07, 6.45) is 6.01. The van der Waals surface area contributed by atoms with Gasteiger partial charge < -0.3 is 14.5 Å². The molecule has 2 aromatic heterocycles. The van der Waals surface area contributed by atoms with Crippen molar-refractivity contribution in [1.82, 2.24) is 29.9 Å². The van der Waals surface area contributed by atoms with Gasteiger partial charge in [-0.3, -0.25) is 9.78 Å². The summed E-state index contributed by atoms with van der Waals surface area (Å²) >= 11 is 0. The minimum atomic E-state index is -0.457. The molecule has 4 heterocycles. The van der Waals surface area contributed by atoms with Gasteiger partial charge in [0.25, 0.3) is 5.91 Å². The third-order valence-electron chi connectivity index (χ3n) is 7.01. The number of hydrogen-bond donors (Lipinski definition) is 0. The van der Waals surface area contributed by atoms with Crippen LogP contribution >= 0.6 is 0 Å². The first kappa shape index (κ1) is 22.4. The Balaban J connectivity index is 1.22. The first-order valence-electron chi connectivity index (χ1n) is 12.0. The molecule has 36 heavy (non-hydrogen) atoms. The number of aromatic nitrogens is 5. The molecule has 0 spiro atoms. The first-order chi connectivity index (χ1) is 17.5. The SMILES string of the molecule is COc1cc2ncc(N3CC4CC(CN(C(=O)c5cc(C)ccc5-n5nccn5)C4)C3)nc2cc1F. The Kier molecular flexibility index (Phi) is 5.50. The zero-order valence-corrected chi connectivity index (χ0v) is 20.1. The molecule has 6 rings (SSSR count). The summed E-state index contributed by atoms with van der Waals surface area (Å²) < 4.78 is 19.3. The number of ether oxygens (including phenoxy) is 1. The Morgan fingerprint density at radius 2 is 1.78 bits per heavy atom. The van der Waals surface area contributed by atoms with Crippen molar-refractivity contribution in [3.8, 4) is 11.4 Å². The lowest BCUT2D eigenvalue weighted by molar-refractivity contribution is 0.0564. The Bertz CT molecular complexity index is 1430. The van der Waals surface area contributed by atoms with Crippen LogP contribution in [0.1, 0.15) is 22.3 Å². The quantitative estimate of drug-likeness (QED) is 0.437. The van der Waals surface area contributed by atoms with E-state index in [1.165, 1.54) is 18.0 Å². The van der Waals surface area contributed by atoms with Crippen LogP contribution in [0.25, 0.3) is 16.7 Å². The van der Waals surface area contributed by atoms with Crippen molar-refractivity contribution in [3.63, 3.8) is 0 Å². The molecule has 2 unspecified atom stereocenters. The number of aryl methyl sites for hydroxylation is 1. The number of amides is 1. The molecule has 184 valence electrons. The van der Waals surface area contributed by atoms with Crippen LogP contribution in [0, 0.1) is 24.6 Å². The molecule has 4 aromatic rings. The summed E-state index contributed by atoms with van der Waals surface area (Å²) in [5.74, 6) is 1.05. The average Bonchev–Trinajstić information content (AvgIpc) is 3.41. The van der Waals surface area contributed by atoms with Gasteiger partial charge >= 0.3 is 0 Å². The smallest absolute Gasteiger partial charge is 0.256 e. The number of carbonyl (C=O) groups excluding carboxylic acids is 1. The van der Waals surface area contributed by atoms with E-state index in [9.17, 15) is 9.18 Å². The van der Waals surface area contributed by atoms with Crippen molar-refractivity contribution in [3.05, 3.63) is 65.9 Å². The highest BCUT2D eigenvalue weighted by atomic mass is 19.1. The van der Waals surface area contributed by atoms with E-state index >= 15 is 0 Å². The molecule has 2 aliphatic rings. The summed E-state index contributed by atoms with van der Waals surface area (Å²) in [7, 11) is 1.43. The molecule has 2 fully saturated rings. The molecule has 2 atom stereocenters. The van der Waals surface area contributed by atoms with E-state index in [1.54, 1.807) is 24.7 Å². The van der Waals surface area contributed by atoms with Crippen LogP contribution in [-0.4, -0.2) is 69.1 Å². The zero-order valence-electron chi connectivity index (χ0n) is 20.1. The molecule has 0 N–H and O–H groups in total. The van der Waals surface area contributed by atoms with Gasteiger partial charge in [-0.05, 0) is 37.3 Å². The van der Waals surface area contributed by atoms with Crippen LogP contribution in [0.3, 0.4) is 0 Å². The van der Waals surface area contributed by atoms with Gasteiger partial charge in [0, 0.05) is 38.3 Å². The molecule has 0 saturated carbocycles. The molecule has 2 bridgehead atoms. The lowest BCUT2D eigenvalue weighted by Crippen LogP contribution is -2.54. The van der Waals surface area contributed by atoms with Gasteiger partial charge in [-0.15, -0.1) is 0 Å². The summed E-state index contributed by atoms with van der Waals surface area (Å²) in [6.45, 7) is 4.84. The van der Waals surface area contributed by atoms with Gasteiger partial charge in [-0.25, -0.2) is 9.37 Å². The second kappa shape index (κ2) is 8.85. The van der Waals surface area contributed by atoms with Gasteiger partial charge in [0.2, 0.25) is 0 Å². The fourth-order valence-electron chi connectivity index (χ4n) is 5.45. The molecular formula is C26H26FN7O2. The third kappa shape index (κ3) is 4.02. The van der Waals surface area contributed by atoms with Gasteiger partial charge in [0.1, 0.15) is 5.82 Å². The van der Waals surface area contributed by atoms with E-state index < -0.39 is 5.82 Å². The van der Waals surface area contributed by atoms with Crippen LogP contribution < -0.4 is 9.64 Å². The fourth-order valence-corrected chi connectivity index (χ4v) is 5.45. The number of rotatable bonds is 4. The van der Waals surface area contributed by atoms with Crippen LogP contribution in [0.15, 0.2) is 48.9 Å². The number of piperidine rings is 2. The monoisotopic (exact) mass is 487 g/mol. The topological polar surface area (TPSA) is 89.3 Å². The van der Waals surface area contributed by atoms with Crippen molar-refractivity contribution < 1.29 is 13.9 Å². The Labute approximate surface area is 207 Å². The summed E-state index contributed by atoms with van der Waals surface area (Å²) in [5, 5.41) is 8.45. The van der Waals surface area contributed by atoms with Gasteiger partial charge in [0.15, 0.2) is 11.6 Å². The molecule has 2 aliphatic heterocycles. The van der Waals surface area contributed by atoms with Gasteiger partial charge in [-0.2, -0.15) is 15.0 Å². The maximum atomic E-state index is 14.2. The maximum Gasteiger partial charge on any atom is 0.256 e. The van der Waals surface area contributed by atoms with Gasteiger partial charge in [-0.1, -0.05) is 11.6 Å². The van der Waals surface area contributed by atoms with Crippen LogP contribution in [0.4, 0.5) is 10.2 Å². The number of methoxy groups -OCH3 is 1. The van der Waals surface area contributed by atoms with E-state index in [0.717, 1.165) is 30.9 Å². The Morgan fingerprint density at radius 1 is 1.03 bits per heavy atom. The number of halogens is 1. The van der Waals surface area contributed by atoms with Crippen molar-refractivity contribution in [2.45, 2.75) is 13.3 Å². The largest absolute Gasteiger partial charge is 0.494 e. The normalized spacial score (nSPS) is 19.5. The van der Waals surface area contributed by atoms with E-state index in [1.807, 2.05) is 30.0 Å². The zero-order chi connectivity index (χ0) is 24.8. The highest BCUT2D eigenvalue weighted by molar-refractivity contribution is 5.98. The highest BCUT2D eigenvalue weighted by Gasteiger charge is 2.37. The number of fused-ring (bicyclic) bond motifs is 3. The van der Waals surface area contributed by atoms with Crippen LogP contribution in [0.2, 0.25) is 0 Å². The Morgan fingerprint density at radius 3 is 2.50 bits per heavy atom. The summed E-state index contributed by atoms with van der Waals surface area (Å²) in [6, 6.07) is 8.70. The number of nitrogens with zero attached hydrogens (tertiary/aromatic N) is 7. The predicted molar refractivity (Wildman–Crippen MR) is 132 cm³/mol. The van der Waals surface area contributed by atoms with Crippen LogP contribution in [-0.2, 0) is 0 Å². The second-order valence-electron chi connectivity index (χ2n) is 9.63. The number of benzene rings is 2. The van der Waals surface area contributed by atoms with Crippen molar-refractivity contribution in [1.29, 1.82) is 0 Å². The molecule has 10 heteroatoms. The van der Waals surface area contributed by atoms with Crippen molar-refractivity contribution >= 4 is 22.8 Å². The third-order valence-corrected chi connectivity index (χ3v) is 7.01. The van der Waals surface area contributed by atoms with E-state index in [4.69, 9.17) is 4.74 Å².